The summed E-state index contributed by atoms with van der Waals surface area (Å²) in [6, 6.07) is 11.3. The van der Waals surface area contributed by atoms with Gasteiger partial charge in [0.25, 0.3) is 5.91 Å². The van der Waals surface area contributed by atoms with Crippen molar-refractivity contribution in [2.45, 2.75) is 12.8 Å². The van der Waals surface area contributed by atoms with Gasteiger partial charge in [-0.05, 0) is 62.0 Å². The Hall–Kier alpha value is -2.50. The van der Waals surface area contributed by atoms with Crippen molar-refractivity contribution in [3.8, 4) is 16.9 Å². The lowest BCUT2D eigenvalue weighted by Gasteiger charge is -2.15. The Balaban J connectivity index is 1.58. The summed E-state index contributed by atoms with van der Waals surface area (Å²) in [5.41, 5.74) is 2.62. The number of nitrogens with one attached hydrogen (secondary N) is 1. The number of amides is 1. The fourth-order valence-electron chi connectivity index (χ4n) is 3.50. The monoisotopic (exact) mass is 562 g/mol. The lowest BCUT2D eigenvalue weighted by Crippen LogP contribution is -2.29. The minimum atomic E-state index is -0.128. The van der Waals surface area contributed by atoms with E-state index in [1.54, 1.807) is 11.0 Å². The third-order valence-corrected chi connectivity index (χ3v) is 7.51. The topological polar surface area (TPSA) is 87.2 Å². The number of aromatic nitrogens is 4. The third-order valence-electron chi connectivity index (χ3n) is 5.39. The van der Waals surface area contributed by atoms with Gasteiger partial charge in [0.1, 0.15) is 16.7 Å². The molecule has 12 heteroatoms. The number of rotatable bonds is 10. The molecule has 1 N–H and O–H groups in total. The van der Waals surface area contributed by atoms with Crippen LogP contribution in [0.1, 0.15) is 17.8 Å². The summed E-state index contributed by atoms with van der Waals surface area (Å²) in [5.74, 6) is 1.16. The summed E-state index contributed by atoms with van der Waals surface area (Å²) < 4.78 is 6.59. The summed E-state index contributed by atoms with van der Waals surface area (Å²) in [4.78, 5) is 17.4. The van der Waals surface area contributed by atoms with Crippen LogP contribution < -0.4 is 4.74 Å². The lowest BCUT2D eigenvalue weighted by atomic mass is 10.0. The number of carbonyl (C=O) groups is 1. The number of halogens is 2. The van der Waals surface area contributed by atoms with Crippen LogP contribution in [0.3, 0.4) is 0 Å². The van der Waals surface area contributed by atoms with E-state index in [1.807, 2.05) is 55.4 Å². The average molecular weight is 564 g/mol. The molecule has 36 heavy (non-hydrogen) atoms. The van der Waals surface area contributed by atoms with E-state index in [2.05, 4.69) is 20.6 Å². The van der Waals surface area contributed by atoms with Crippen LogP contribution in [0.15, 0.2) is 41.3 Å². The zero-order valence-electron chi connectivity index (χ0n) is 19.7. The van der Waals surface area contributed by atoms with Crippen molar-refractivity contribution >= 4 is 63.5 Å². The lowest BCUT2D eigenvalue weighted by molar-refractivity contribution is -0.122. The highest BCUT2D eigenvalue weighted by Crippen LogP contribution is 2.36. The summed E-state index contributed by atoms with van der Waals surface area (Å²) in [6.07, 6.45) is 3.11. The number of aryl methyl sites for hydroxylation is 1. The number of likely N-dealkylation sites (N-methyl/N-ethyl adjacent to an activating group) is 1. The Morgan fingerprint density at radius 2 is 1.94 bits per heavy atom. The second kappa shape index (κ2) is 12.2. The SMILES string of the molecule is CN(C)CCOc1ccc(-c2ccc(Cl)c(Cl)c2)cc1/C=C1\SC(=S)N(CCCc2nn[nH]n2)C1=O. The van der Waals surface area contributed by atoms with Gasteiger partial charge in [-0.2, -0.15) is 5.21 Å². The van der Waals surface area contributed by atoms with E-state index in [1.165, 1.54) is 11.8 Å². The molecule has 1 aliphatic rings. The molecule has 0 unspecified atom stereocenters. The molecule has 1 aromatic heterocycles. The van der Waals surface area contributed by atoms with Crippen molar-refractivity contribution in [3.05, 3.63) is 62.7 Å². The molecular weight excluding hydrogens is 539 g/mol. The first-order chi connectivity index (χ1) is 17.3. The van der Waals surface area contributed by atoms with E-state index in [0.717, 1.165) is 23.2 Å². The normalized spacial score (nSPS) is 14.9. The minimum Gasteiger partial charge on any atom is -0.492 e. The van der Waals surface area contributed by atoms with Crippen LogP contribution in [-0.2, 0) is 11.2 Å². The van der Waals surface area contributed by atoms with E-state index in [9.17, 15) is 4.79 Å². The van der Waals surface area contributed by atoms with Gasteiger partial charge in [0.05, 0.1) is 15.0 Å². The molecule has 1 saturated heterocycles. The number of ether oxygens (including phenoxy) is 1. The van der Waals surface area contributed by atoms with Crippen molar-refractivity contribution in [2.24, 2.45) is 0 Å². The Morgan fingerprint density at radius 1 is 1.17 bits per heavy atom. The molecular formula is C24H24Cl2N6O2S2. The van der Waals surface area contributed by atoms with Crippen LogP contribution in [0, 0.1) is 0 Å². The molecule has 4 rings (SSSR count). The fourth-order valence-corrected chi connectivity index (χ4v) is 5.10. The molecule has 0 atom stereocenters. The molecule has 0 aliphatic carbocycles. The van der Waals surface area contributed by atoms with Gasteiger partial charge in [-0.25, -0.2) is 0 Å². The highest BCUT2D eigenvalue weighted by molar-refractivity contribution is 8.26. The number of thiocarbonyl (C=S) groups is 1. The molecule has 3 aromatic rings. The first-order valence-corrected chi connectivity index (χ1v) is 13.1. The molecule has 8 nitrogen and oxygen atoms in total. The zero-order valence-corrected chi connectivity index (χ0v) is 22.8. The number of thioether (sulfide) groups is 1. The van der Waals surface area contributed by atoms with Crippen molar-refractivity contribution in [1.29, 1.82) is 0 Å². The number of nitrogens with zero attached hydrogens (tertiary/aromatic N) is 5. The first-order valence-electron chi connectivity index (χ1n) is 11.2. The Kier molecular flexibility index (Phi) is 8.97. The molecule has 0 spiro atoms. The van der Waals surface area contributed by atoms with Crippen LogP contribution >= 0.6 is 47.2 Å². The second-order valence-corrected chi connectivity index (χ2v) is 10.8. The summed E-state index contributed by atoms with van der Waals surface area (Å²) in [7, 11) is 3.98. The predicted octanol–water partition coefficient (Wildman–Crippen LogP) is 4.95. The van der Waals surface area contributed by atoms with Crippen molar-refractivity contribution in [2.75, 3.05) is 33.8 Å². The van der Waals surface area contributed by atoms with Crippen LogP contribution in [-0.4, -0.2) is 74.4 Å². The van der Waals surface area contributed by atoms with Gasteiger partial charge in [0.15, 0.2) is 5.82 Å². The van der Waals surface area contributed by atoms with Crippen LogP contribution in [0.2, 0.25) is 10.0 Å². The van der Waals surface area contributed by atoms with Crippen LogP contribution in [0.5, 0.6) is 5.75 Å². The largest absolute Gasteiger partial charge is 0.492 e. The molecule has 1 aliphatic heterocycles. The maximum Gasteiger partial charge on any atom is 0.266 e. The number of benzene rings is 2. The number of hydrogen-bond acceptors (Lipinski definition) is 8. The van der Waals surface area contributed by atoms with Gasteiger partial charge in [-0.1, -0.05) is 64.5 Å². The molecule has 2 heterocycles. The Morgan fingerprint density at radius 3 is 2.67 bits per heavy atom. The van der Waals surface area contributed by atoms with Crippen molar-refractivity contribution < 1.29 is 9.53 Å². The molecule has 0 bridgehead atoms. The predicted molar refractivity (Wildman–Crippen MR) is 148 cm³/mol. The van der Waals surface area contributed by atoms with Crippen LogP contribution in [0.4, 0.5) is 0 Å². The van der Waals surface area contributed by atoms with Crippen LogP contribution in [0.25, 0.3) is 17.2 Å². The molecule has 188 valence electrons. The molecule has 2 aromatic carbocycles. The first kappa shape index (κ1) is 26.6. The smallest absolute Gasteiger partial charge is 0.266 e. The molecule has 1 fully saturated rings. The minimum absolute atomic E-state index is 0.128. The Bertz CT molecular complexity index is 1280. The standard InChI is InChI=1S/C24H24Cl2N6O2S2/c1-31(2)10-11-34-20-8-6-15(16-5-7-18(25)19(26)13-16)12-17(20)14-21-23(33)32(24(35)36-21)9-3-4-22-27-29-30-28-22/h5-8,12-14H,3-4,9-11H2,1-2H3,(H,27,28,29,30)/b21-14-. The van der Waals surface area contributed by atoms with Gasteiger partial charge in [-0.15, -0.1) is 10.2 Å². The number of aromatic amines is 1. The second-order valence-electron chi connectivity index (χ2n) is 8.30. The van der Waals surface area contributed by atoms with Crippen molar-refractivity contribution in [3.63, 3.8) is 0 Å². The average Bonchev–Trinajstić information content (AvgIpc) is 3.45. The molecule has 1 amide bonds. The maximum absolute atomic E-state index is 13.2. The molecule has 0 saturated carbocycles. The number of hydrogen-bond donors (Lipinski definition) is 1. The number of tetrazole rings is 1. The van der Waals surface area contributed by atoms with E-state index in [4.69, 9.17) is 40.2 Å². The van der Waals surface area contributed by atoms with Gasteiger partial charge < -0.3 is 9.64 Å². The fraction of sp³-hybridized carbons (Fsp3) is 0.292. The van der Waals surface area contributed by atoms with E-state index in [-0.39, 0.29) is 5.91 Å². The quantitative estimate of drug-likeness (QED) is 0.274. The van der Waals surface area contributed by atoms with E-state index in [0.29, 0.717) is 56.8 Å². The summed E-state index contributed by atoms with van der Waals surface area (Å²) in [6.45, 7) is 1.75. The van der Waals surface area contributed by atoms with Gasteiger partial charge in [0, 0.05) is 25.1 Å². The number of H-pyrrole nitrogens is 1. The third kappa shape index (κ3) is 6.63. The molecule has 0 radical (unpaired) electrons. The Labute approximate surface area is 229 Å². The van der Waals surface area contributed by atoms with Crippen molar-refractivity contribution in [1.82, 2.24) is 30.4 Å². The maximum atomic E-state index is 13.2. The van der Waals surface area contributed by atoms with E-state index >= 15 is 0 Å². The zero-order chi connectivity index (χ0) is 25.7. The van der Waals surface area contributed by atoms with Gasteiger partial charge in [0.2, 0.25) is 0 Å². The summed E-state index contributed by atoms with van der Waals surface area (Å²) >= 11 is 19.1. The van der Waals surface area contributed by atoms with Gasteiger partial charge >= 0.3 is 0 Å². The number of carbonyl (C=O) groups excluding carboxylic acids is 1. The van der Waals surface area contributed by atoms with E-state index < -0.39 is 0 Å². The highest BCUT2D eigenvalue weighted by Gasteiger charge is 2.32. The summed E-state index contributed by atoms with van der Waals surface area (Å²) in [5, 5.41) is 14.8. The highest BCUT2D eigenvalue weighted by atomic mass is 35.5. The van der Waals surface area contributed by atoms with Gasteiger partial charge in [-0.3, -0.25) is 9.69 Å².